The Bertz CT molecular complexity index is 1190. The van der Waals surface area contributed by atoms with Gasteiger partial charge in [0.25, 0.3) is 0 Å². The predicted molar refractivity (Wildman–Crippen MR) is 90.8 cm³/mol. The van der Waals surface area contributed by atoms with Crippen LogP contribution < -0.4 is 10.9 Å². The molecule has 136 valence electrons. The first-order valence-electron chi connectivity index (χ1n) is 7.09. The Morgan fingerprint density at radius 3 is 2.46 bits per heavy atom. The van der Waals surface area contributed by atoms with Crippen molar-refractivity contribution in [2.24, 2.45) is 5.14 Å². The Hall–Kier alpha value is -2.49. The van der Waals surface area contributed by atoms with Gasteiger partial charge in [0.05, 0.1) is 11.4 Å². The van der Waals surface area contributed by atoms with E-state index < -0.39 is 32.3 Å². The lowest BCUT2D eigenvalue weighted by atomic mass is 10.1. The van der Waals surface area contributed by atoms with Crippen molar-refractivity contribution in [3.05, 3.63) is 69.4 Å². The zero-order chi connectivity index (χ0) is 19.2. The van der Waals surface area contributed by atoms with E-state index in [0.717, 1.165) is 16.4 Å². The van der Waals surface area contributed by atoms with Gasteiger partial charge in [0, 0.05) is 10.6 Å². The molecule has 3 aromatic rings. The molecule has 0 bridgehead atoms. The van der Waals surface area contributed by atoms with E-state index in [2.05, 4.69) is 0 Å². The van der Waals surface area contributed by atoms with Crippen molar-refractivity contribution in [1.29, 1.82) is 0 Å². The van der Waals surface area contributed by atoms with Gasteiger partial charge in [-0.2, -0.15) is 0 Å². The minimum absolute atomic E-state index is 0.118. The highest BCUT2D eigenvalue weighted by Gasteiger charge is 2.22. The van der Waals surface area contributed by atoms with Crippen molar-refractivity contribution in [2.45, 2.75) is 11.8 Å². The van der Waals surface area contributed by atoms with E-state index in [4.69, 9.17) is 21.2 Å². The van der Waals surface area contributed by atoms with Gasteiger partial charge in [0.1, 0.15) is 22.8 Å². The highest BCUT2D eigenvalue weighted by atomic mass is 35.5. The number of nitrogens with zero attached hydrogens (tertiary/aromatic N) is 1. The lowest BCUT2D eigenvalue weighted by Crippen LogP contribution is -2.16. The lowest BCUT2D eigenvalue weighted by Gasteiger charge is -2.10. The molecule has 2 aromatic carbocycles. The molecular weight excluding hydrogens is 390 g/mol. The number of benzene rings is 2. The first kappa shape index (κ1) is 18.3. The molecule has 0 amide bonds. The molecule has 26 heavy (non-hydrogen) atoms. The van der Waals surface area contributed by atoms with Crippen molar-refractivity contribution >= 4 is 21.6 Å². The van der Waals surface area contributed by atoms with Crippen LogP contribution in [0.4, 0.5) is 8.78 Å². The molecule has 0 atom stereocenters. The van der Waals surface area contributed by atoms with Crippen LogP contribution in [0.3, 0.4) is 0 Å². The van der Waals surface area contributed by atoms with Gasteiger partial charge < -0.3 is 4.42 Å². The quantitative estimate of drug-likeness (QED) is 0.731. The molecule has 2 N–H and O–H groups in total. The minimum Gasteiger partial charge on any atom is -0.415 e. The van der Waals surface area contributed by atoms with Crippen molar-refractivity contribution in [1.82, 2.24) is 4.57 Å². The lowest BCUT2D eigenvalue weighted by molar-refractivity contribution is 0.504. The second-order valence-electron chi connectivity index (χ2n) is 5.46. The SMILES string of the molecule is Cc1ccc(-n2c(-c3cc(F)c(S(N)(=O)=O)cc3F)coc2=O)cc1Cl. The smallest absolute Gasteiger partial charge is 0.415 e. The minimum atomic E-state index is -4.45. The van der Waals surface area contributed by atoms with E-state index in [0.29, 0.717) is 17.2 Å². The standard InChI is InChI=1S/C16H11ClF2N2O4S/c1-8-2-3-9(4-11(8)17)21-14(7-25-16(21)22)10-5-13(19)15(6-12(10)18)26(20,23)24/h2-7H,1H3,(H2,20,23,24). The normalized spacial score (nSPS) is 11.7. The van der Waals surface area contributed by atoms with E-state index in [9.17, 15) is 22.0 Å². The molecule has 0 aliphatic heterocycles. The highest BCUT2D eigenvalue weighted by Crippen LogP contribution is 2.29. The van der Waals surface area contributed by atoms with Crippen LogP contribution in [-0.2, 0) is 10.0 Å². The molecular formula is C16H11ClF2N2O4S. The second-order valence-corrected chi connectivity index (χ2v) is 7.40. The molecule has 0 aliphatic carbocycles. The summed E-state index contributed by atoms with van der Waals surface area (Å²) >= 11 is 6.05. The number of hydrogen-bond acceptors (Lipinski definition) is 4. The van der Waals surface area contributed by atoms with Crippen LogP contribution in [0, 0.1) is 18.6 Å². The summed E-state index contributed by atoms with van der Waals surface area (Å²) in [6, 6.07) is 5.73. The van der Waals surface area contributed by atoms with Crippen LogP contribution >= 0.6 is 11.6 Å². The molecule has 0 aliphatic rings. The number of aryl methyl sites for hydroxylation is 1. The summed E-state index contributed by atoms with van der Waals surface area (Å²) in [6.07, 6.45) is 0.935. The van der Waals surface area contributed by atoms with Crippen LogP contribution in [-0.4, -0.2) is 13.0 Å². The zero-order valence-corrected chi connectivity index (χ0v) is 14.7. The molecule has 0 unspecified atom stereocenters. The number of aromatic nitrogens is 1. The number of halogens is 3. The van der Waals surface area contributed by atoms with Gasteiger partial charge in [0.15, 0.2) is 0 Å². The molecule has 0 fully saturated rings. The Balaban J connectivity index is 2.26. The van der Waals surface area contributed by atoms with Gasteiger partial charge in [-0.3, -0.25) is 0 Å². The average Bonchev–Trinajstić information content (AvgIpc) is 2.92. The Morgan fingerprint density at radius 2 is 1.85 bits per heavy atom. The third-order valence-corrected chi connectivity index (χ3v) is 5.05. The summed E-state index contributed by atoms with van der Waals surface area (Å²) in [6.45, 7) is 1.76. The predicted octanol–water partition coefficient (Wildman–Crippen LogP) is 2.98. The van der Waals surface area contributed by atoms with Crippen molar-refractivity contribution < 1.29 is 21.6 Å². The van der Waals surface area contributed by atoms with Crippen LogP contribution in [0.1, 0.15) is 5.56 Å². The van der Waals surface area contributed by atoms with Gasteiger partial charge in [-0.15, -0.1) is 0 Å². The molecule has 0 radical (unpaired) electrons. The van der Waals surface area contributed by atoms with Gasteiger partial charge >= 0.3 is 5.76 Å². The monoisotopic (exact) mass is 400 g/mol. The van der Waals surface area contributed by atoms with E-state index in [1.807, 2.05) is 0 Å². The van der Waals surface area contributed by atoms with Crippen LogP contribution in [0.15, 0.2) is 50.7 Å². The van der Waals surface area contributed by atoms with E-state index in [1.54, 1.807) is 19.1 Å². The number of oxazole rings is 1. The van der Waals surface area contributed by atoms with Crippen molar-refractivity contribution in [3.8, 4) is 16.9 Å². The Kier molecular flexibility index (Phi) is 4.47. The Morgan fingerprint density at radius 1 is 1.15 bits per heavy atom. The highest BCUT2D eigenvalue weighted by molar-refractivity contribution is 7.89. The van der Waals surface area contributed by atoms with E-state index in [-0.39, 0.29) is 16.9 Å². The summed E-state index contributed by atoms with van der Waals surface area (Å²) in [7, 11) is -4.45. The largest absolute Gasteiger partial charge is 0.424 e. The fraction of sp³-hybridized carbons (Fsp3) is 0.0625. The molecule has 1 heterocycles. The summed E-state index contributed by atoms with van der Waals surface area (Å²) in [4.78, 5) is 11.1. The number of hydrogen-bond donors (Lipinski definition) is 1. The summed E-state index contributed by atoms with van der Waals surface area (Å²) < 4.78 is 56.9. The average molecular weight is 401 g/mol. The Labute approximate surface area is 151 Å². The molecule has 6 nitrogen and oxygen atoms in total. The van der Waals surface area contributed by atoms with Crippen LogP contribution in [0.25, 0.3) is 16.9 Å². The topological polar surface area (TPSA) is 95.3 Å². The van der Waals surface area contributed by atoms with Gasteiger partial charge in [-0.25, -0.2) is 31.7 Å². The number of nitrogens with two attached hydrogens (primary N) is 1. The number of primary sulfonamides is 1. The maximum Gasteiger partial charge on any atom is 0.424 e. The third kappa shape index (κ3) is 3.16. The number of sulfonamides is 1. The first-order valence-corrected chi connectivity index (χ1v) is 9.01. The summed E-state index contributed by atoms with van der Waals surface area (Å²) in [5.74, 6) is -3.20. The molecule has 10 heteroatoms. The van der Waals surface area contributed by atoms with E-state index >= 15 is 0 Å². The molecule has 1 aromatic heterocycles. The molecule has 0 spiro atoms. The second kappa shape index (κ2) is 6.35. The zero-order valence-electron chi connectivity index (χ0n) is 13.2. The van der Waals surface area contributed by atoms with Crippen molar-refractivity contribution in [3.63, 3.8) is 0 Å². The van der Waals surface area contributed by atoms with Crippen LogP contribution in [0.2, 0.25) is 5.02 Å². The van der Waals surface area contributed by atoms with E-state index in [1.165, 1.54) is 6.07 Å². The van der Waals surface area contributed by atoms with Crippen molar-refractivity contribution in [2.75, 3.05) is 0 Å². The maximum atomic E-state index is 14.4. The first-order chi connectivity index (χ1) is 12.1. The molecule has 0 saturated heterocycles. The molecule has 3 rings (SSSR count). The fourth-order valence-corrected chi connectivity index (χ4v) is 3.18. The maximum absolute atomic E-state index is 14.4. The van der Waals surface area contributed by atoms with Gasteiger partial charge in [0.2, 0.25) is 10.0 Å². The molecule has 0 saturated carbocycles. The third-order valence-electron chi connectivity index (χ3n) is 3.71. The van der Waals surface area contributed by atoms with Gasteiger partial charge in [-0.05, 0) is 36.8 Å². The van der Waals surface area contributed by atoms with Crippen LogP contribution in [0.5, 0.6) is 0 Å². The summed E-state index contributed by atoms with van der Waals surface area (Å²) in [5.41, 5.74) is 0.526. The fourth-order valence-electron chi connectivity index (χ4n) is 2.40. The number of rotatable bonds is 3. The summed E-state index contributed by atoms with van der Waals surface area (Å²) in [5, 5.41) is 5.21. The van der Waals surface area contributed by atoms with Gasteiger partial charge in [-0.1, -0.05) is 17.7 Å².